The standard InChI is InChI=1S/C21H35N3O5S/c1-5-17-9-6-7-13-24(17)14-8-12-22-21(25)16-23(2)30(26,27)18-10-11-19(28-3)20(15-18)29-4/h10-11,15,17H,5-9,12-14,16H2,1-4H3,(H,22,25)/t17-/m0/s1. The molecule has 1 aromatic rings. The van der Waals surface area contributed by atoms with E-state index in [1.807, 2.05) is 0 Å². The Hall–Kier alpha value is -1.84. The quantitative estimate of drug-likeness (QED) is 0.529. The van der Waals surface area contributed by atoms with E-state index in [-0.39, 0.29) is 17.3 Å². The number of likely N-dealkylation sites (N-methyl/N-ethyl adjacent to an activating group) is 1. The molecule has 0 unspecified atom stereocenters. The number of sulfonamides is 1. The summed E-state index contributed by atoms with van der Waals surface area (Å²) in [6.45, 7) is 4.60. The normalized spacial score (nSPS) is 17.7. The summed E-state index contributed by atoms with van der Waals surface area (Å²) in [5, 5.41) is 2.83. The Morgan fingerprint density at radius 3 is 2.63 bits per heavy atom. The largest absolute Gasteiger partial charge is 0.493 e. The highest BCUT2D eigenvalue weighted by Gasteiger charge is 2.24. The fourth-order valence-corrected chi connectivity index (χ4v) is 4.97. The second kappa shape index (κ2) is 11.5. The number of ether oxygens (including phenoxy) is 2. The molecule has 1 heterocycles. The van der Waals surface area contributed by atoms with Gasteiger partial charge in [0.2, 0.25) is 15.9 Å². The predicted octanol–water partition coefficient (Wildman–Crippen LogP) is 2.10. The summed E-state index contributed by atoms with van der Waals surface area (Å²) in [5.41, 5.74) is 0. The fourth-order valence-electron chi connectivity index (χ4n) is 3.83. The number of likely N-dealkylation sites (tertiary alicyclic amines) is 1. The van der Waals surface area contributed by atoms with E-state index < -0.39 is 10.0 Å². The molecule has 0 aliphatic carbocycles. The van der Waals surface area contributed by atoms with Gasteiger partial charge in [0.15, 0.2) is 11.5 Å². The Morgan fingerprint density at radius 2 is 1.97 bits per heavy atom. The smallest absolute Gasteiger partial charge is 0.243 e. The third kappa shape index (κ3) is 6.33. The summed E-state index contributed by atoms with van der Waals surface area (Å²) >= 11 is 0. The van der Waals surface area contributed by atoms with Crippen molar-refractivity contribution < 1.29 is 22.7 Å². The molecule has 30 heavy (non-hydrogen) atoms. The van der Waals surface area contributed by atoms with Gasteiger partial charge in [0, 0.05) is 32.2 Å². The SMILES string of the molecule is CC[C@H]1CCCCN1CCCNC(=O)CN(C)S(=O)(=O)c1ccc(OC)c(OC)c1. The van der Waals surface area contributed by atoms with E-state index in [4.69, 9.17) is 9.47 Å². The third-order valence-electron chi connectivity index (χ3n) is 5.59. The number of carbonyl (C=O) groups excluding carboxylic acids is 1. The number of piperidine rings is 1. The van der Waals surface area contributed by atoms with E-state index in [1.165, 1.54) is 58.7 Å². The van der Waals surface area contributed by atoms with Gasteiger partial charge in [-0.3, -0.25) is 4.79 Å². The van der Waals surface area contributed by atoms with Crippen molar-refractivity contribution in [3.63, 3.8) is 0 Å². The first-order valence-electron chi connectivity index (χ1n) is 10.5. The number of hydrogen-bond acceptors (Lipinski definition) is 6. The van der Waals surface area contributed by atoms with E-state index in [2.05, 4.69) is 17.1 Å². The first-order chi connectivity index (χ1) is 14.3. The van der Waals surface area contributed by atoms with Gasteiger partial charge < -0.3 is 19.7 Å². The van der Waals surface area contributed by atoms with Crippen molar-refractivity contribution in [1.82, 2.24) is 14.5 Å². The second-order valence-corrected chi connectivity index (χ2v) is 9.62. The number of amides is 1. The number of methoxy groups -OCH3 is 2. The maximum atomic E-state index is 12.8. The topological polar surface area (TPSA) is 88.2 Å². The molecule has 1 atom stereocenters. The molecular formula is C21H35N3O5S. The van der Waals surface area contributed by atoms with Crippen molar-refractivity contribution >= 4 is 15.9 Å². The van der Waals surface area contributed by atoms with Gasteiger partial charge in [-0.15, -0.1) is 0 Å². The van der Waals surface area contributed by atoms with Crippen LogP contribution in [0.3, 0.4) is 0 Å². The molecule has 170 valence electrons. The summed E-state index contributed by atoms with van der Waals surface area (Å²) in [6, 6.07) is 5.01. The van der Waals surface area contributed by atoms with Crippen molar-refractivity contribution in [2.75, 3.05) is 47.4 Å². The molecule has 8 nitrogen and oxygen atoms in total. The number of carbonyl (C=O) groups is 1. The van der Waals surface area contributed by atoms with Crippen molar-refractivity contribution in [2.24, 2.45) is 0 Å². The van der Waals surface area contributed by atoms with Gasteiger partial charge in [-0.2, -0.15) is 4.31 Å². The zero-order valence-electron chi connectivity index (χ0n) is 18.5. The van der Waals surface area contributed by atoms with E-state index in [1.54, 1.807) is 0 Å². The highest BCUT2D eigenvalue weighted by Crippen LogP contribution is 2.30. The van der Waals surface area contributed by atoms with Crippen LogP contribution in [0.25, 0.3) is 0 Å². The van der Waals surface area contributed by atoms with Crippen LogP contribution in [0.1, 0.15) is 39.0 Å². The molecule has 0 bridgehead atoms. The number of hydrogen-bond donors (Lipinski definition) is 1. The molecule has 1 aliphatic heterocycles. The van der Waals surface area contributed by atoms with Crippen molar-refractivity contribution in [1.29, 1.82) is 0 Å². The summed E-state index contributed by atoms with van der Waals surface area (Å²) in [5.74, 6) is 0.447. The molecular weight excluding hydrogens is 406 g/mol. The second-order valence-electron chi connectivity index (χ2n) is 7.58. The van der Waals surface area contributed by atoms with Crippen LogP contribution in [0, 0.1) is 0 Å². The van der Waals surface area contributed by atoms with Gasteiger partial charge in [-0.1, -0.05) is 13.3 Å². The van der Waals surface area contributed by atoms with E-state index >= 15 is 0 Å². The molecule has 9 heteroatoms. The Morgan fingerprint density at radius 1 is 1.23 bits per heavy atom. The summed E-state index contributed by atoms with van der Waals surface area (Å²) in [4.78, 5) is 14.8. The average molecular weight is 442 g/mol. The van der Waals surface area contributed by atoms with Crippen molar-refractivity contribution in [3.8, 4) is 11.5 Å². The minimum absolute atomic E-state index is 0.0474. The third-order valence-corrected chi connectivity index (χ3v) is 7.39. The Bertz CT molecular complexity index is 800. The van der Waals surface area contributed by atoms with Gasteiger partial charge in [0.1, 0.15) is 0 Å². The van der Waals surface area contributed by atoms with Crippen LogP contribution in [0.15, 0.2) is 23.1 Å². The maximum absolute atomic E-state index is 12.8. The highest BCUT2D eigenvalue weighted by molar-refractivity contribution is 7.89. The van der Waals surface area contributed by atoms with Crippen LogP contribution in [0.2, 0.25) is 0 Å². The highest BCUT2D eigenvalue weighted by atomic mass is 32.2. The first kappa shape index (κ1) is 24.4. The van der Waals surface area contributed by atoms with Gasteiger partial charge in [-0.25, -0.2) is 8.42 Å². The maximum Gasteiger partial charge on any atom is 0.243 e. The van der Waals surface area contributed by atoms with Crippen molar-refractivity contribution in [2.45, 2.75) is 50.0 Å². The van der Waals surface area contributed by atoms with Crippen LogP contribution in [0.4, 0.5) is 0 Å². The summed E-state index contributed by atoms with van der Waals surface area (Å²) in [6.07, 6.45) is 5.80. The van der Waals surface area contributed by atoms with E-state index in [9.17, 15) is 13.2 Å². The molecule has 0 aromatic heterocycles. The van der Waals surface area contributed by atoms with E-state index in [0.29, 0.717) is 24.1 Å². The lowest BCUT2D eigenvalue weighted by atomic mass is 10.00. The molecule has 1 amide bonds. The number of rotatable bonds is 11. The monoisotopic (exact) mass is 441 g/mol. The summed E-state index contributed by atoms with van der Waals surface area (Å²) < 4.78 is 36.9. The van der Waals surface area contributed by atoms with Crippen LogP contribution < -0.4 is 14.8 Å². The van der Waals surface area contributed by atoms with Gasteiger partial charge in [-0.05, 0) is 44.4 Å². The number of nitrogens with zero attached hydrogens (tertiary/aromatic N) is 2. The van der Waals surface area contributed by atoms with Crippen LogP contribution >= 0.6 is 0 Å². The molecule has 2 rings (SSSR count). The summed E-state index contributed by atoms with van der Waals surface area (Å²) in [7, 11) is 0.498. The molecule has 0 saturated carbocycles. The molecule has 1 aromatic carbocycles. The molecule has 0 radical (unpaired) electrons. The Labute approximate surface area is 180 Å². The van der Waals surface area contributed by atoms with E-state index in [0.717, 1.165) is 30.2 Å². The molecule has 0 spiro atoms. The lowest BCUT2D eigenvalue weighted by molar-refractivity contribution is -0.121. The lowest BCUT2D eigenvalue weighted by Crippen LogP contribution is -2.42. The van der Waals surface area contributed by atoms with Crippen LogP contribution in [-0.2, 0) is 14.8 Å². The van der Waals surface area contributed by atoms with Crippen LogP contribution in [-0.4, -0.2) is 77.0 Å². The molecule has 1 N–H and O–H groups in total. The average Bonchev–Trinajstić information content (AvgIpc) is 2.76. The predicted molar refractivity (Wildman–Crippen MR) is 116 cm³/mol. The molecule has 1 saturated heterocycles. The Kier molecular flexibility index (Phi) is 9.38. The van der Waals surface area contributed by atoms with Crippen LogP contribution in [0.5, 0.6) is 11.5 Å². The minimum atomic E-state index is -3.82. The zero-order valence-corrected chi connectivity index (χ0v) is 19.3. The lowest BCUT2D eigenvalue weighted by Gasteiger charge is -2.35. The van der Waals surface area contributed by atoms with Crippen molar-refractivity contribution in [3.05, 3.63) is 18.2 Å². The first-order valence-corrected chi connectivity index (χ1v) is 12.0. The van der Waals surface area contributed by atoms with Gasteiger partial charge >= 0.3 is 0 Å². The fraction of sp³-hybridized carbons (Fsp3) is 0.667. The number of nitrogens with one attached hydrogen (secondary N) is 1. The minimum Gasteiger partial charge on any atom is -0.493 e. The zero-order chi connectivity index (χ0) is 22.1. The van der Waals surface area contributed by atoms with Gasteiger partial charge in [0.05, 0.1) is 25.7 Å². The number of benzene rings is 1. The Balaban J connectivity index is 1.84. The molecule has 1 fully saturated rings. The van der Waals surface area contributed by atoms with Gasteiger partial charge in [0.25, 0.3) is 0 Å². The molecule has 1 aliphatic rings.